The lowest BCUT2D eigenvalue weighted by Crippen LogP contribution is -2.17. The van der Waals surface area contributed by atoms with Crippen LogP contribution in [0.15, 0.2) is 36.7 Å². The smallest absolute Gasteiger partial charge is 0.275 e. The molecular weight excluding hydrogens is 280 g/mol. The summed E-state index contributed by atoms with van der Waals surface area (Å²) in [7, 11) is 0. The van der Waals surface area contributed by atoms with Gasteiger partial charge in [0.05, 0.1) is 15.5 Å². The summed E-state index contributed by atoms with van der Waals surface area (Å²) in [6.45, 7) is 1.93. The Labute approximate surface area is 121 Å². The summed E-state index contributed by atoms with van der Waals surface area (Å²) in [5, 5.41) is 18.6. The summed E-state index contributed by atoms with van der Waals surface area (Å²) >= 11 is 6.01. The molecule has 0 amide bonds. The molecule has 1 aromatic carbocycles. The third kappa shape index (κ3) is 3.79. The largest absolute Gasteiger partial charge is 0.312 e. The predicted octanol–water partition coefficient (Wildman–Crippen LogP) is 2.62. The molecule has 0 unspecified atom stereocenters. The van der Waals surface area contributed by atoms with Crippen LogP contribution < -0.4 is 5.32 Å². The molecule has 1 N–H and O–H groups in total. The van der Waals surface area contributed by atoms with Gasteiger partial charge in [-0.25, -0.2) is 0 Å². The lowest BCUT2D eigenvalue weighted by molar-refractivity contribution is -0.385. The first-order valence-corrected chi connectivity index (χ1v) is 6.66. The molecule has 1 aromatic heterocycles. The Hall–Kier alpha value is -1.92. The normalized spacial score (nSPS) is 10.7. The van der Waals surface area contributed by atoms with Crippen LogP contribution in [0.1, 0.15) is 12.0 Å². The Morgan fingerprint density at radius 2 is 2.25 bits per heavy atom. The van der Waals surface area contributed by atoms with Crippen LogP contribution in [0.5, 0.6) is 0 Å². The maximum Gasteiger partial charge on any atom is 0.275 e. The summed E-state index contributed by atoms with van der Waals surface area (Å²) in [5.41, 5.74) is 0.579. The van der Waals surface area contributed by atoms with E-state index in [1.54, 1.807) is 18.3 Å². The molecule has 106 valence electrons. The number of nitro groups is 1. The summed E-state index contributed by atoms with van der Waals surface area (Å²) in [5.74, 6) is 0. The molecule has 20 heavy (non-hydrogen) atoms. The first-order valence-electron chi connectivity index (χ1n) is 6.28. The van der Waals surface area contributed by atoms with Gasteiger partial charge < -0.3 is 5.32 Å². The first kappa shape index (κ1) is 14.5. The van der Waals surface area contributed by atoms with Crippen molar-refractivity contribution in [2.24, 2.45) is 0 Å². The Morgan fingerprint density at radius 3 is 2.95 bits per heavy atom. The average molecular weight is 295 g/mol. The van der Waals surface area contributed by atoms with Crippen LogP contribution >= 0.6 is 11.6 Å². The van der Waals surface area contributed by atoms with Crippen LogP contribution in [0.4, 0.5) is 5.69 Å². The van der Waals surface area contributed by atoms with Crippen LogP contribution in [-0.2, 0) is 13.1 Å². The van der Waals surface area contributed by atoms with E-state index >= 15 is 0 Å². The molecule has 0 bridgehead atoms. The zero-order chi connectivity index (χ0) is 14.4. The Bertz CT molecular complexity index is 572. The van der Waals surface area contributed by atoms with E-state index in [0.717, 1.165) is 19.5 Å². The van der Waals surface area contributed by atoms with Crippen LogP contribution in [0.25, 0.3) is 0 Å². The molecule has 0 aliphatic heterocycles. The Balaban J connectivity index is 1.83. The Morgan fingerprint density at radius 1 is 1.40 bits per heavy atom. The zero-order valence-electron chi connectivity index (χ0n) is 10.8. The Kier molecular flexibility index (Phi) is 5.09. The zero-order valence-corrected chi connectivity index (χ0v) is 11.6. The number of aromatic nitrogens is 2. The molecule has 0 radical (unpaired) electrons. The molecule has 0 aliphatic rings. The van der Waals surface area contributed by atoms with Gasteiger partial charge in [0.15, 0.2) is 0 Å². The van der Waals surface area contributed by atoms with Crippen LogP contribution in [-0.4, -0.2) is 21.2 Å². The van der Waals surface area contributed by atoms with Gasteiger partial charge >= 0.3 is 0 Å². The fourth-order valence-corrected chi connectivity index (χ4v) is 2.14. The molecule has 0 saturated heterocycles. The van der Waals surface area contributed by atoms with Gasteiger partial charge in [0.2, 0.25) is 0 Å². The number of halogens is 1. The van der Waals surface area contributed by atoms with Gasteiger partial charge in [0.25, 0.3) is 5.69 Å². The lowest BCUT2D eigenvalue weighted by Gasteiger charge is -2.07. The minimum absolute atomic E-state index is 0.0528. The van der Waals surface area contributed by atoms with E-state index in [4.69, 9.17) is 11.6 Å². The average Bonchev–Trinajstić information content (AvgIpc) is 2.92. The molecule has 6 nitrogen and oxygen atoms in total. The van der Waals surface area contributed by atoms with Gasteiger partial charge in [0.1, 0.15) is 0 Å². The quantitative estimate of drug-likeness (QED) is 0.484. The molecule has 2 rings (SSSR count). The van der Waals surface area contributed by atoms with Crippen molar-refractivity contribution in [3.8, 4) is 0 Å². The minimum Gasteiger partial charge on any atom is -0.312 e. The monoisotopic (exact) mass is 294 g/mol. The molecular formula is C13H15ClN4O2. The van der Waals surface area contributed by atoms with E-state index in [2.05, 4.69) is 10.4 Å². The van der Waals surface area contributed by atoms with Gasteiger partial charge in [-0.15, -0.1) is 0 Å². The highest BCUT2D eigenvalue weighted by Crippen LogP contribution is 2.25. The number of hydrogen-bond acceptors (Lipinski definition) is 4. The maximum atomic E-state index is 10.9. The third-order valence-electron chi connectivity index (χ3n) is 2.89. The number of hydrogen-bond donors (Lipinski definition) is 1. The van der Waals surface area contributed by atoms with E-state index < -0.39 is 4.92 Å². The molecule has 0 saturated carbocycles. The number of nitrogens with zero attached hydrogens (tertiary/aromatic N) is 3. The second-order valence-corrected chi connectivity index (χ2v) is 4.70. The van der Waals surface area contributed by atoms with Crippen molar-refractivity contribution in [1.82, 2.24) is 15.1 Å². The number of nitro benzene ring substituents is 1. The third-order valence-corrected chi connectivity index (χ3v) is 3.25. The second kappa shape index (κ2) is 7.02. The van der Waals surface area contributed by atoms with Crippen molar-refractivity contribution in [2.75, 3.05) is 6.54 Å². The first-order chi connectivity index (χ1) is 9.68. The number of rotatable bonds is 7. The van der Waals surface area contributed by atoms with Gasteiger partial charge in [0, 0.05) is 31.5 Å². The van der Waals surface area contributed by atoms with E-state index in [1.807, 2.05) is 16.9 Å². The van der Waals surface area contributed by atoms with E-state index in [1.165, 1.54) is 6.07 Å². The van der Waals surface area contributed by atoms with Gasteiger partial charge in [-0.2, -0.15) is 5.10 Å². The van der Waals surface area contributed by atoms with E-state index in [-0.39, 0.29) is 5.69 Å². The molecule has 0 atom stereocenters. The number of aryl methyl sites for hydroxylation is 1. The lowest BCUT2D eigenvalue weighted by atomic mass is 10.2. The summed E-state index contributed by atoms with van der Waals surface area (Å²) < 4.78 is 1.85. The van der Waals surface area contributed by atoms with Crippen molar-refractivity contribution in [3.05, 3.63) is 57.4 Å². The summed E-state index contributed by atoms with van der Waals surface area (Å²) in [6, 6.07) is 6.59. The van der Waals surface area contributed by atoms with Crippen molar-refractivity contribution in [1.29, 1.82) is 0 Å². The minimum atomic E-state index is -0.410. The van der Waals surface area contributed by atoms with Crippen molar-refractivity contribution < 1.29 is 4.92 Å². The van der Waals surface area contributed by atoms with Gasteiger partial charge in [-0.3, -0.25) is 14.8 Å². The predicted molar refractivity (Wildman–Crippen MR) is 76.7 cm³/mol. The molecule has 0 fully saturated rings. The van der Waals surface area contributed by atoms with Gasteiger partial charge in [-0.05, 0) is 25.1 Å². The van der Waals surface area contributed by atoms with Crippen LogP contribution in [0.2, 0.25) is 5.02 Å². The molecule has 0 aliphatic carbocycles. The number of benzene rings is 1. The maximum absolute atomic E-state index is 10.9. The fraction of sp³-hybridized carbons (Fsp3) is 0.308. The van der Waals surface area contributed by atoms with Gasteiger partial charge in [-0.1, -0.05) is 17.7 Å². The fourth-order valence-electron chi connectivity index (χ4n) is 1.91. The topological polar surface area (TPSA) is 73.0 Å². The van der Waals surface area contributed by atoms with E-state index in [9.17, 15) is 10.1 Å². The molecule has 7 heteroatoms. The molecule has 0 spiro atoms. The van der Waals surface area contributed by atoms with Crippen molar-refractivity contribution in [3.63, 3.8) is 0 Å². The SMILES string of the molecule is O=[N+]([O-])c1cccc(Cl)c1CNCCCn1cccn1. The van der Waals surface area contributed by atoms with Crippen LogP contribution in [0, 0.1) is 10.1 Å². The number of nitrogens with one attached hydrogen (secondary N) is 1. The molecule has 2 aromatic rings. The van der Waals surface area contributed by atoms with Crippen LogP contribution in [0.3, 0.4) is 0 Å². The van der Waals surface area contributed by atoms with Crippen molar-refractivity contribution >= 4 is 17.3 Å². The van der Waals surface area contributed by atoms with Crippen molar-refractivity contribution in [2.45, 2.75) is 19.5 Å². The summed E-state index contributed by atoms with van der Waals surface area (Å²) in [4.78, 5) is 10.5. The molecule has 1 heterocycles. The second-order valence-electron chi connectivity index (χ2n) is 4.29. The highest BCUT2D eigenvalue weighted by Gasteiger charge is 2.15. The standard InChI is InChI=1S/C13H15ClN4O2/c14-12-4-1-5-13(18(19)20)11(12)10-15-6-2-8-17-9-3-7-16-17/h1,3-5,7,9,15H,2,6,8,10H2. The highest BCUT2D eigenvalue weighted by molar-refractivity contribution is 6.31. The van der Waals surface area contributed by atoms with E-state index in [0.29, 0.717) is 17.1 Å². The summed E-state index contributed by atoms with van der Waals surface area (Å²) in [6.07, 6.45) is 4.53. The highest BCUT2D eigenvalue weighted by atomic mass is 35.5.